The molecule has 0 radical (unpaired) electrons. The lowest BCUT2D eigenvalue weighted by molar-refractivity contribution is -0.143. The van der Waals surface area contributed by atoms with Gasteiger partial charge in [0.05, 0.1) is 10.2 Å². The molecule has 3 N–H and O–H groups in total. The molecule has 0 bridgehead atoms. The first-order valence-electron chi connectivity index (χ1n) is 4.91. The molecule has 0 aliphatic heterocycles. The van der Waals surface area contributed by atoms with Gasteiger partial charge >= 0.3 is 12.0 Å². The van der Waals surface area contributed by atoms with Gasteiger partial charge in [-0.25, -0.2) is 20.1 Å². The third kappa shape index (κ3) is 3.15. The van der Waals surface area contributed by atoms with Crippen LogP contribution in [0.4, 0.5) is 9.93 Å². The zero-order valence-electron chi connectivity index (χ0n) is 9.04. The molecule has 2 amide bonds. The highest BCUT2D eigenvalue weighted by atomic mass is 32.1. The summed E-state index contributed by atoms with van der Waals surface area (Å²) in [6.45, 7) is -0.604. The molecular formula is C10H9N3O4S. The zero-order chi connectivity index (χ0) is 13.0. The Morgan fingerprint density at radius 2 is 2.17 bits per heavy atom. The van der Waals surface area contributed by atoms with Crippen molar-refractivity contribution in [1.82, 2.24) is 10.5 Å². The van der Waals surface area contributed by atoms with Gasteiger partial charge in [0.2, 0.25) is 0 Å². The number of para-hydroxylation sites is 1. The first-order chi connectivity index (χ1) is 8.65. The van der Waals surface area contributed by atoms with Crippen LogP contribution in [0, 0.1) is 0 Å². The van der Waals surface area contributed by atoms with Gasteiger partial charge in [-0.1, -0.05) is 23.5 Å². The molecule has 0 spiro atoms. The minimum absolute atomic E-state index is 0.410. The molecule has 0 saturated carbocycles. The monoisotopic (exact) mass is 267 g/mol. The van der Waals surface area contributed by atoms with Crippen molar-refractivity contribution in [2.75, 3.05) is 11.9 Å². The molecule has 1 aromatic heterocycles. The van der Waals surface area contributed by atoms with Crippen molar-refractivity contribution in [3.05, 3.63) is 24.3 Å². The van der Waals surface area contributed by atoms with Gasteiger partial charge in [0.15, 0.2) is 11.7 Å². The van der Waals surface area contributed by atoms with E-state index >= 15 is 0 Å². The number of carboxylic acid groups (broad SMARTS) is 1. The van der Waals surface area contributed by atoms with E-state index in [4.69, 9.17) is 5.11 Å². The van der Waals surface area contributed by atoms with Crippen LogP contribution in [0.5, 0.6) is 0 Å². The van der Waals surface area contributed by atoms with E-state index in [2.05, 4.69) is 15.1 Å². The lowest BCUT2D eigenvalue weighted by Crippen LogP contribution is -2.30. The fourth-order valence-electron chi connectivity index (χ4n) is 1.21. The summed E-state index contributed by atoms with van der Waals surface area (Å²) in [5, 5.41) is 11.2. The van der Waals surface area contributed by atoms with Crippen LogP contribution in [0.2, 0.25) is 0 Å². The number of thiazole rings is 1. The van der Waals surface area contributed by atoms with Crippen LogP contribution in [0.15, 0.2) is 24.3 Å². The summed E-state index contributed by atoms with van der Waals surface area (Å²) in [5.41, 5.74) is 2.72. The first-order valence-corrected chi connectivity index (χ1v) is 5.73. The number of hydroxylamine groups is 1. The minimum Gasteiger partial charge on any atom is -0.479 e. The second-order valence-corrected chi connectivity index (χ2v) is 4.26. The summed E-state index contributed by atoms with van der Waals surface area (Å²) < 4.78 is 0.944. The summed E-state index contributed by atoms with van der Waals surface area (Å²) in [7, 11) is 0. The maximum absolute atomic E-state index is 11.3. The van der Waals surface area contributed by atoms with Crippen molar-refractivity contribution < 1.29 is 19.5 Å². The number of hydrogen-bond donors (Lipinski definition) is 3. The Balaban J connectivity index is 1.92. The lowest BCUT2D eigenvalue weighted by Gasteiger charge is -2.02. The predicted octanol–water partition coefficient (Wildman–Crippen LogP) is 1.43. The quantitative estimate of drug-likeness (QED) is 0.727. The Morgan fingerprint density at radius 1 is 1.39 bits per heavy atom. The molecule has 94 valence electrons. The average Bonchev–Trinajstić information content (AvgIpc) is 2.70. The molecule has 2 aromatic rings. The lowest BCUT2D eigenvalue weighted by atomic mass is 10.3. The number of benzene rings is 1. The van der Waals surface area contributed by atoms with Gasteiger partial charge in [-0.3, -0.25) is 10.2 Å². The van der Waals surface area contributed by atoms with Crippen LogP contribution in [0.3, 0.4) is 0 Å². The molecule has 1 heterocycles. The molecule has 0 saturated heterocycles. The van der Waals surface area contributed by atoms with E-state index in [0.29, 0.717) is 5.13 Å². The van der Waals surface area contributed by atoms with Gasteiger partial charge in [0, 0.05) is 0 Å². The molecule has 2 rings (SSSR count). The minimum atomic E-state index is -1.17. The highest BCUT2D eigenvalue weighted by Crippen LogP contribution is 2.24. The standard InChI is InChI=1S/C10H9N3O4S/c14-8(15)5-17-13-9(16)12-10-11-6-3-1-2-4-7(6)18-10/h1-4H,5H2,(H,14,15)(H2,11,12,13,16). The number of carbonyl (C=O) groups is 2. The van der Waals surface area contributed by atoms with E-state index in [1.165, 1.54) is 11.3 Å². The average molecular weight is 267 g/mol. The number of urea groups is 1. The number of rotatable bonds is 4. The maximum Gasteiger partial charge on any atom is 0.344 e. The summed E-state index contributed by atoms with van der Waals surface area (Å²) in [5.74, 6) is -1.17. The summed E-state index contributed by atoms with van der Waals surface area (Å²) in [6.07, 6.45) is 0. The number of hydrogen-bond acceptors (Lipinski definition) is 5. The number of carboxylic acids is 1. The normalized spacial score (nSPS) is 10.2. The first kappa shape index (κ1) is 12.3. The van der Waals surface area contributed by atoms with Gasteiger partial charge < -0.3 is 5.11 Å². The van der Waals surface area contributed by atoms with Crippen LogP contribution < -0.4 is 10.8 Å². The molecule has 18 heavy (non-hydrogen) atoms. The highest BCUT2D eigenvalue weighted by Gasteiger charge is 2.07. The Labute approximate surface area is 105 Å². The van der Waals surface area contributed by atoms with Crippen molar-refractivity contribution in [1.29, 1.82) is 0 Å². The molecule has 7 nitrogen and oxygen atoms in total. The largest absolute Gasteiger partial charge is 0.479 e. The Bertz CT molecular complexity index is 550. The van der Waals surface area contributed by atoms with E-state index in [-0.39, 0.29) is 0 Å². The van der Waals surface area contributed by atoms with Crippen LogP contribution in [-0.2, 0) is 9.63 Å². The SMILES string of the molecule is O=C(O)CONC(=O)Nc1nc2ccccc2s1. The summed E-state index contributed by atoms with van der Waals surface area (Å²) >= 11 is 1.31. The van der Waals surface area contributed by atoms with Gasteiger partial charge in [0.1, 0.15) is 0 Å². The van der Waals surface area contributed by atoms with Gasteiger partial charge in [-0.05, 0) is 12.1 Å². The summed E-state index contributed by atoms with van der Waals surface area (Å²) in [6, 6.07) is 6.77. The van der Waals surface area contributed by atoms with Crippen molar-refractivity contribution in [2.45, 2.75) is 0 Å². The highest BCUT2D eigenvalue weighted by molar-refractivity contribution is 7.22. The smallest absolute Gasteiger partial charge is 0.344 e. The van der Waals surface area contributed by atoms with E-state index in [1.807, 2.05) is 29.7 Å². The number of nitrogens with zero attached hydrogens (tertiary/aromatic N) is 1. The third-order valence-corrected chi connectivity index (χ3v) is 2.83. The number of fused-ring (bicyclic) bond motifs is 1. The molecule has 0 aliphatic carbocycles. The Kier molecular flexibility index (Phi) is 3.70. The van der Waals surface area contributed by atoms with E-state index < -0.39 is 18.6 Å². The number of anilines is 1. The molecule has 0 atom stereocenters. The van der Waals surface area contributed by atoms with Crippen molar-refractivity contribution in [3.8, 4) is 0 Å². The summed E-state index contributed by atoms with van der Waals surface area (Å²) in [4.78, 5) is 30.0. The van der Waals surface area contributed by atoms with Crippen molar-refractivity contribution >= 4 is 38.7 Å². The molecule has 1 aromatic carbocycles. The van der Waals surface area contributed by atoms with Gasteiger partial charge in [-0.2, -0.15) is 0 Å². The fourth-order valence-corrected chi connectivity index (χ4v) is 2.07. The predicted molar refractivity (Wildman–Crippen MR) is 65.4 cm³/mol. The van der Waals surface area contributed by atoms with Crippen LogP contribution in [-0.4, -0.2) is 28.7 Å². The van der Waals surface area contributed by atoms with E-state index in [0.717, 1.165) is 10.2 Å². The molecule has 0 fully saturated rings. The Morgan fingerprint density at radius 3 is 2.89 bits per heavy atom. The zero-order valence-corrected chi connectivity index (χ0v) is 9.86. The number of nitrogens with one attached hydrogen (secondary N) is 2. The number of carbonyl (C=O) groups excluding carboxylic acids is 1. The van der Waals surface area contributed by atoms with E-state index in [1.54, 1.807) is 0 Å². The van der Waals surface area contributed by atoms with Gasteiger partial charge in [-0.15, -0.1) is 0 Å². The number of aliphatic carboxylic acids is 1. The molecule has 8 heteroatoms. The second-order valence-electron chi connectivity index (χ2n) is 3.23. The maximum atomic E-state index is 11.3. The molecule has 0 aliphatic rings. The van der Waals surface area contributed by atoms with Crippen LogP contribution in [0.25, 0.3) is 10.2 Å². The molecule has 0 unspecified atom stereocenters. The van der Waals surface area contributed by atoms with Crippen LogP contribution >= 0.6 is 11.3 Å². The fraction of sp³-hybridized carbons (Fsp3) is 0.100. The van der Waals surface area contributed by atoms with Gasteiger partial charge in [0.25, 0.3) is 0 Å². The van der Waals surface area contributed by atoms with E-state index in [9.17, 15) is 9.59 Å². The molecular weight excluding hydrogens is 258 g/mol. The van der Waals surface area contributed by atoms with Crippen LogP contribution in [0.1, 0.15) is 0 Å². The van der Waals surface area contributed by atoms with Crippen molar-refractivity contribution in [3.63, 3.8) is 0 Å². The topological polar surface area (TPSA) is 101 Å². The second kappa shape index (κ2) is 5.43. The number of amides is 2. The van der Waals surface area contributed by atoms with Crippen molar-refractivity contribution in [2.24, 2.45) is 0 Å². The Hall–Kier alpha value is -2.19. The number of aromatic nitrogens is 1. The third-order valence-electron chi connectivity index (χ3n) is 1.87.